The number of methoxy groups -OCH3 is 1. The van der Waals surface area contributed by atoms with E-state index in [0.717, 1.165) is 5.75 Å². The van der Waals surface area contributed by atoms with Crippen LogP contribution in [0.5, 0.6) is 5.75 Å². The van der Waals surface area contributed by atoms with E-state index in [1.54, 1.807) is 0 Å². The van der Waals surface area contributed by atoms with Crippen molar-refractivity contribution in [2.24, 2.45) is 0 Å². The van der Waals surface area contributed by atoms with Gasteiger partial charge in [-0.1, -0.05) is 24.6 Å². The third-order valence-electron chi connectivity index (χ3n) is 3.34. The maximum absolute atomic E-state index is 11.8. The molecule has 1 aromatic carbocycles. The molecule has 1 unspecified atom stereocenters. The molecule has 0 spiro atoms. The third-order valence-corrected chi connectivity index (χ3v) is 3.34. The van der Waals surface area contributed by atoms with Crippen LogP contribution in [-0.2, 0) is 14.3 Å². The Labute approximate surface area is 132 Å². The van der Waals surface area contributed by atoms with Gasteiger partial charge in [-0.15, -0.1) is 0 Å². The Morgan fingerprint density at radius 1 is 1.23 bits per heavy atom. The van der Waals surface area contributed by atoms with E-state index in [4.69, 9.17) is 4.74 Å². The number of benzene rings is 1. The van der Waals surface area contributed by atoms with Crippen LogP contribution in [0.15, 0.2) is 24.3 Å². The van der Waals surface area contributed by atoms with Gasteiger partial charge in [-0.25, -0.2) is 0 Å². The van der Waals surface area contributed by atoms with Crippen LogP contribution in [0.25, 0.3) is 0 Å². The van der Waals surface area contributed by atoms with Gasteiger partial charge in [0.2, 0.25) is 5.91 Å². The molecular weight excluding hydrogens is 282 g/mol. The summed E-state index contributed by atoms with van der Waals surface area (Å²) < 4.78 is 10.2. The summed E-state index contributed by atoms with van der Waals surface area (Å²) in [6.07, 6.45) is 1.91. The zero-order chi connectivity index (χ0) is 16.4. The first-order valence-corrected chi connectivity index (χ1v) is 7.60. The molecule has 122 valence electrons. The molecule has 1 aromatic rings. The second kappa shape index (κ2) is 9.82. The van der Waals surface area contributed by atoms with Gasteiger partial charge in [0.1, 0.15) is 5.75 Å². The van der Waals surface area contributed by atoms with E-state index >= 15 is 0 Å². The number of aryl methyl sites for hydroxylation is 1. The van der Waals surface area contributed by atoms with Crippen molar-refractivity contribution >= 4 is 11.9 Å². The number of hydrogen-bond acceptors (Lipinski definition) is 4. The number of nitrogens with one attached hydrogen (secondary N) is 1. The molecule has 5 nitrogen and oxygen atoms in total. The standard InChI is InChI=1S/C17H25NO4/c1-4-14(12-17(20)21-3)18-16(19)6-5-11-22-15-9-7-13(2)8-10-15/h7-10,14H,4-6,11-12H2,1-3H3,(H,18,19). The topological polar surface area (TPSA) is 64.6 Å². The molecule has 5 heteroatoms. The minimum atomic E-state index is -0.310. The van der Waals surface area contributed by atoms with E-state index in [-0.39, 0.29) is 24.3 Å². The number of ether oxygens (including phenoxy) is 2. The van der Waals surface area contributed by atoms with Crippen molar-refractivity contribution in [3.05, 3.63) is 29.8 Å². The largest absolute Gasteiger partial charge is 0.494 e. The highest BCUT2D eigenvalue weighted by Crippen LogP contribution is 2.11. The zero-order valence-corrected chi connectivity index (χ0v) is 13.6. The summed E-state index contributed by atoms with van der Waals surface area (Å²) in [5.41, 5.74) is 1.18. The number of carbonyl (C=O) groups excluding carboxylic acids is 2. The summed E-state index contributed by atoms with van der Waals surface area (Å²) >= 11 is 0. The van der Waals surface area contributed by atoms with Crippen LogP contribution >= 0.6 is 0 Å². The lowest BCUT2D eigenvalue weighted by Gasteiger charge is -2.15. The van der Waals surface area contributed by atoms with Gasteiger partial charge in [-0.3, -0.25) is 9.59 Å². The molecule has 0 radical (unpaired) electrons. The highest BCUT2D eigenvalue weighted by molar-refractivity contribution is 5.77. The average molecular weight is 307 g/mol. The second-order valence-corrected chi connectivity index (χ2v) is 5.22. The Hall–Kier alpha value is -2.04. The molecule has 1 atom stereocenters. The molecule has 0 aliphatic heterocycles. The highest BCUT2D eigenvalue weighted by atomic mass is 16.5. The van der Waals surface area contributed by atoms with E-state index in [1.807, 2.05) is 38.1 Å². The smallest absolute Gasteiger partial charge is 0.307 e. The van der Waals surface area contributed by atoms with Gasteiger partial charge in [0.05, 0.1) is 20.1 Å². The van der Waals surface area contributed by atoms with Gasteiger partial charge in [-0.05, 0) is 31.9 Å². The first-order chi connectivity index (χ1) is 10.5. The molecular formula is C17H25NO4. The number of amides is 1. The summed E-state index contributed by atoms with van der Waals surface area (Å²) in [7, 11) is 1.35. The van der Waals surface area contributed by atoms with Crippen LogP contribution in [-0.4, -0.2) is 31.6 Å². The van der Waals surface area contributed by atoms with Gasteiger partial charge >= 0.3 is 5.97 Å². The molecule has 0 heterocycles. The fourth-order valence-electron chi connectivity index (χ4n) is 1.94. The lowest BCUT2D eigenvalue weighted by molar-refractivity contribution is -0.141. The molecule has 22 heavy (non-hydrogen) atoms. The molecule has 0 bridgehead atoms. The maximum Gasteiger partial charge on any atom is 0.307 e. The molecule has 0 saturated heterocycles. The van der Waals surface area contributed by atoms with Crippen molar-refractivity contribution in [1.29, 1.82) is 0 Å². The van der Waals surface area contributed by atoms with E-state index in [9.17, 15) is 9.59 Å². The first kappa shape index (κ1) is 18.0. The van der Waals surface area contributed by atoms with Gasteiger partial charge in [0.25, 0.3) is 0 Å². The molecule has 0 aliphatic carbocycles. The van der Waals surface area contributed by atoms with Crippen LogP contribution in [0.2, 0.25) is 0 Å². The first-order valence-electron chi connectivity index (χ1n) is 7.60. The van der Waals surface area contributed by atoms with Crippen LogP contribution in [0.1, 0.15) is 38.2 Å². The summed E-state index contributed by atoms with van der Waals surface area (Å²) in [6.45, 7) is 4.44. The van der Waals surface area contributed by atoms with E-state index in [0.29, 0.717) is 25.9 Å². The zero-order valence-electron chi connectivity index (χ0n) is 13.6. The van der Waals surface area contributed by atoms with Crippen LogP contribution in [0.4, 0.5) is 0 Å². The summed E-state index contributed by atoms with van der Waals surface area (Å²) in [5, 5.41) is 2.84. The number of rotatable bonds is 9. The fraction of sp³-hybridized carbons (Fsp3) is 0.529. The van der Waals surface area contributed by atoms with Crippen molar-refractivity contribution < 1.29 is 19.1 Å². The highest BCUT2D eigenvalue weighted by Gasteiger charge is 2.14. The molecule has 0 fully saturated rings. The van der Waals surface area contributed by atoms with E-state index in [2.05, 4.69) is 10.1 Å². The number of esters is 1. The Bertz CT molecular complexity index is 470. The lowest BCUT2D eigenvalue weighted by Crippen LogP contribution is -2.36. The summed E-state index contributed by atoms with van der Waals surface area (Å²) in [6, 6.07) is 7.64. The Morgan fingerprint density at radius 2 is 1.91 bits per heavy atom. The second-order valence-electron chi connectivity index (χ2n) is 5.22. The van der Waals surface area contributed by atoms with Crippen molar-refractivity contribution in [1.82, 2.24) is 5.32 Å². The van der Waals surface area contributed by atoms with E-state index < -0.39 is 0 Å². The molecule has 0 saturated carbocycles. The van der Waals surface area contributed by atoms with Gasteiger partial charge in [-0.2, -0.15) is 0 Å². The quantitative estimate of drug-likeness (QED) is 0.562. The third kappa shape index (κ3) is 7.11. The maximum atomic E-state index is 11.8. The molecule has 1 amide bonds. The summed E-state index contributed by atoms with van der Waals surface area (Å²) in [5.74, 6) is 0.432. The predicted molar refractivity (Wildman–Crippen MR) is 84.8 cm³/mol. The number of carbonyl (C=O) groups is 2. The van der Waals surface area contributed by atoms with Gasteiger partial charge < -0.3 is 14.8 Å². The minimum absolute atomic E-state index is 0.0664. The molecule has 0 aliphatic rings. The predicted octanol–water partition coefficient (Wildman–Crippen LogP) is 2.61. The van der Waals surface area contributed by atoms with E-state index in [1.165, 1.54) is 12.7 Å². The Balaban J connectivity index is 2.22. The van der Waals surface area contributed by atoms with Crippen LogP contribution < -0.4 is 10.1 Å². The monoisotopic (exact) mass is 307 g/mol. The van der Waals surface area contributed by atoms with Gasteiger partial charge in [0.15, 0.2) is 0 Å². The molecule has 0 aromatic heterocycles. The molecule has 1 rings (SSSR count). The Morgan fingerprint density at radius 3 is 2.50 bits per heavy atom. The number of hydrogen-bond donors (Lipinski definition) is 1. The van der Waals surface area contributed by atoms with Crippen LogP contribution in [0, 0.1) is 6.92 Å². The van der Waals surface area contributed by atoms with Crippen LogP contribution in [0.3, 0.4) is 0 Å². The van der Waals surface area contributed by atoms with Crippen molar-refractivity contribution in [3.8, 4) is 5.75 Å². The lowest BCUT2D eigenvalue weighted by atomic mass is 10.1. The summed E-state index contributed by atoms with van der Waals surface area (Å²) in [4.78, 5) is 23.0. The molecule has 1 N–H and O–H groups in total. The fourth-order valence-corrected chi connectivity index (χ4v) is 1.94. The van der Waals surface area contributed by atoms with Crippen molar-refractivity contribution in [2.75, 3.05) is 13.7 Å². The van der Waals surface area contributed by atoms with Crippen molar-refractivity contribution in [2.45, 2.75) is 45.6 Å². The van der Waals surface area contributed by atoms with Crippen molar-refractivity contribution in [3.63, 3.8) is 0 Å². The average Bonchev–Trinajstić information content (AvgIpc) is 2.52. The Kier molecular flexibility index (Phi) is 8.04. The van der Waals surface area contributed by atoms with Gasteiger partial charge in [0, 0.05) is 12.5 Å². The minimum Gasteiger partial charge on any atom is -0.494 e. The SMILES string of the molecule is CCC(CC(=O)OC)NC(=O)CCCOc1ccc(C)cc1. The normalized spacial score (nSPS) is 11.6.